The van der Waals surface area contributed by atoms with Crippen LogP contribution in [0.15, 0.2) is 48.5 Å². The molecule has 5 heteroatoms. The Morgan fingerprint density at radius 3 is 2.72 bits per heavy atom. The Morgan fingerprint density at radius 1 is 1.16 bits per heavy atom. The summed E-state index contributed by atoms with van der Waals surface area (Å²) in [7, 11) is 3.22. The Labute approximate surface area is 147 Å². The molecular weight excluding hydrogens is 318 g/mol. The van der Waals surface area contributed by atoms with Crippen molar-refractivity contribution in [1.29, 1.82) is 0 Å². The first kappa shape index (κ1) is 17.3. The van der Waals surface area contributed by atoms with Crippen molar-refractivity contribution in [3.63, 3.8) is 0 Å². The lowest BCUT2D eigenvalue weighted by Crippen LogP contribution is -2.33. The number of amides is 1. The average molecular weight is 341 g/mol. The van der Waals surface area contributed by atoms with E-state index in [2.05, 4.69) is 0 Å². The Morgan fingerprint density at radius 2 is 1.96 bits per heavy atom. The number of carbonyl (C=O) groups excluding carboxylic acids is 1. The van der Waals surface area contributed by atoms with Crippen molar-refractivity contribution >= 4 is 5.91 Å². The van der Waals surface area contributed by atoms with Crippen LogP contribution < -0.4 is 9.47 Å². The normalized spacial score (nSPS) is 19.7. The molecule has 2 aromatic rings. The van der Waals surface area contributed by atoms with Gasteiger partial charge in [-0.25, -0.2) is 0 Å². The maximum absolute atomic E-state index is 12.9. The fraction of sp³-hybridized carbons (Fsp3) is 0.350. The van der Waals surface area contributed by atoms with Gasteiger partial charge in [0.25, 0.3) is 0 Å². The molecule has 1 aliphatic rings. The lowest BCUT2D eigenvalue weighted by molar-refractivity contribution is -0.131. The van der Waals surface area contributed by atoms with Crippen molar-refractivity contribution in [1.82, 2.24) is 4.90 Å². The van der Waals surface area contributed by atoms with Crippen molar-refractivity contribution in [2.75, 3.05) is 20.8 Å². The van der Waals surface area contributed by atoms with Gasteiger partial charge in [0, 0.05) is 12.1 Å². The number of aliphatic hydroxyl groups excluding tert-OH is 1. The molecule has 0 aromatic heterocycles. The molecule has 0 saturated carbocycles. The highest BCUT2D eigenvalue weighted by Crippen LogP contribution is 2.34. The lowest BCUT2D eigenvalue weighted by atomic mass is 10.0. The number of para-hydroxylation sites is 1. The molecule has 0 bridgehead atoms. The molecule has 5 nitrogen and oxygen atoms in total. The van der Waals surface area contributed by atoms with Gasteiger partial charge in [-0.15, -0.1) is 0 Å². The maximum atomic E-state index is 12.9. The monoisotopic (exact) mass is 341 g/mol. The zero-order chi connectivity index (χ0) is 17.8. The third-order valence-electron chi connectivity index (χ3n) is 4.61. The largest absolute Gasteiger partial charge is 0.497 e. The van der Waals surface area contributed by atoms with E-state index in [4.69, 9.17) is 9.47 Å². The van der Waals surface area contributed by atoms with E-state index >= 15 is 0 Å². The zero-order valence-corrected chi connectivity index (χ0v) is 14.5. The van der Waals surface area contributed by atoms with Gasteiger partial charge in [0.1, 0.15) is 11.5 Å². The highest BCUT2D eigenvalue weighted by Gasteiger charge is 2.35. The van der Waals surface area contributed by atoms with Gasteiger partial charge < -0.3 is 19.5 Å². The fourth-order valence-corrected chi connectivity index (χ4v) is 3.37. The highest BCUT2D eigenvalue weighted by atomic mass is 16.5. The number of hydrogen-bond donors (Lipinski definition) is 1. The van der Waals surface area contributed by atoms with Crippen LogP contribution in [0.2, 0.25) is 0 Å². The van der Waals surface area contributed by atoms with Gasteiger partial charge in [-0.05, 0) is 30.2 Å². The van der Waals surface area contributed by atoms with E-state index in [1.807, 2.05) is 48.5 Å². The summed E-state index contributed by atoms with van der Waals surface area (Å²) in [6.07, 6.45) is 0.264. The molecule has 1 N–H and O–H groups in total. The third-order valence-corrected chi connectivity index (χ3v) is 4.61. The molecule has 3 rings (SSSR count). The quantitative estimate of drug-likeness (QED) is 0.908. The number of aliphatic hydroxyl groups is 1. The second kappa shape index (κ2) is 7.57. The summed E-state index contributed by atoms with van der Waals surface area (Å²) < 4.78 is 10.6. The molecule has 25 heavy (non-hydrogen) atoms. The molecule has 132 valence electrons. The predicted molar refractivity (Wildman–Crippen MR) is 94.8 cm³/mol. The molecule has 0 spiro atoms. The van der Waals surface area contributed by atoms with Crippen LogP contribution in [0.5, 0.6) is 11.5 Å². The van der Waals surface area contributed by atoms with Crippen molar-refractivity contribution in [2.24, 2.45) is 0 Å². The van der Waals surface area contributed by atoms with Crippen LogP contribution in [0.3, 0.4) is 0 Å². The van der Waals surface area contributed by atoms with E-state index in [0.29, 0.717) is 18.7 Å². The summed E-state index contributed by atoms with van der Waals surface area (Å²) in [5.41, 5.74) is 1.82. The number of carbonyl (C=O) groups is 1. The first-order chi connectivity index (χ1) is 12.1. The Kier molecular flexibility index (Phi) is 5.24. The summed E-state index contributed by atoms with van der Waals surface area (Å²) in [5, 5.41) is 10.1. The zero-order valence-electron chi connectivity index (χ0n) is 14.5. The van der Waals surface area contributed by atoms with Crippen molar-refractivity contribution in [2.45, 2.75) is 25.0 Å². The molecule has 2 atom stereocenters. The van der Waals surface area contributed by atoms with Gasteiger partial charge in [0.2, 0.25) is 5.91 Å². The third kappa shape index (κ3) is 3.77. The maximum Gasteiger partial charge on any atom is 0.227 e. The predicted octanol–water partition coefficient (Wildman–Crippen LogP) is 2.58. The number of nitrogens with zero attached hydrogens (tertiary/aromatic N) is 1. The van der Waals surface area contributed by atoms with Crippen molar-refractivity contribution in [3.8, 4) is 11.5 Å². The molecule has 0 radical (unpaired) electrons. The van der Waals surface area contributed by atoms with Gasteiger partial charge in [-0.3, -0.25) is 4.79 Å². The minimum atomic E-state index is -0.516. The highest BCUT2D eigenvalue weighted by molar-refractivity contribution is 5.80. The van der Waals surface area contributed by atoms with E-state index in [1.54, 1.807) is 19.1 Å². The van der Waals surface area contributed by atoms with Crippen LogP contribution >= 0.6 is 0 Å². The SMILES string of the molecule is COc1cccc([C@@H]2C[C@H](O)CN2C(=O)Cc2ccccc2OC)c1. The Bertz CT molecular complexity index is 746. The molecular formula is C20H23NO4. The average Bonchev–Trinajstić information content (AvgIpc) is 3.04. The number of likely N-dealkylation sites (tertiary alicyclic amines) is 1. The number of rotatable bonds is 5. The van der Waals surface area contributed by atoms with Crippen LogP contribution in [-0.4, -0.2) is 42.8 Å². The topological polar surface area (TPSA) is 59.0 Å². The molecule has 1 heterocycles. The molecule has 2 aromatic carbocycles. The minimum Gasteiger partial charge on any atom is -0.497 e. The van der Waals surface area contributed by atoms with E-state index in [1.165, 1.54) is 0 Å². The summed E-state index contributed by atoms with van der Waals surface area (Å²) >= 11 is 0. The van der Waals surface area contributed by atoms with Crippen LogP contribution in [0.1, 0.15) is 23.6 Å². The number of hydrogen-bond acceptors (Lipinski definition) is 4. The molecule has 1 fully saturated rings. The lowest BCUT2D eigenvalue weighted by Gasteiger charge is -2.25. The Balaban J connectivity index is 1.82. The number of β-amino-alcohol motifs (C(OH)–C–C–N with tert-alkyl or cyclic N) is 1. The van der Waals surface area contributed by atoms with E-state index in [0.717, 1.165) is 16.9 Å². The van der Waals surface area contributed by atoms with Gasteiger partial charge in [-0.2, -0.15) is 0 Å². The summed E-state index contributed by atoms with van der Waals surface area (Å²) in [4.78, 5) is 14.7. The molecule has 1 amide bonds. The van der Waals surface area contributed by atoms with Crippen molar-refractivity contribution in [3.05, 3.63) is 59.7 Å². The second-order valence-electron chi connectivity index (χ2n) is 6.22. The minimum absolute atomic E-state index is 0.0196. The van der Waals surface area contributed by atoms with Gasteiger partial charge in [-0.1, -0.05) is 30.3 Å². The van der Waals surface area contributed by atoms with Gasteiger partial charge >= 0.3 is 0 Å². The van der Waals surface area contributed by atoms with E-state index < -0.39 is 6.10 Å². The summed E-state index contributed by atoms with van der Waals surface area (Å²) in [5.74, 6) is 1.43. The van der Waals surface area contributed by atoms with E-state index in [-0.39, 0.29) is 18.4 Å². The van der Waals surface area contributed by atoms with Crippen LogP contribution in [-0.2, 0) is 11.2 Å². The van der Waals surface area contributed by atoms with E-state index in [9.17, 15) is 9.90 Å². The standard InChI is InChI=1S/C20H23NO4/c1-24-17-8-5-7-14(10-17)18-12-16(22)13-21(18)20(23)11-15-6-3-4-9-19(15)25-2/h3-10,16,18,22H,11-13H2,1-2H3/t16-,18-/m0/s1. The smallest absolute Gasteiger partial charge is 0.227 e. The van der Waals surface area contributed by atoms with Crippen LogP contribution in [0.25, 0.3) is 0 Å². The number of benzene rings is 2. The summed E-state index contributed by atoms with van der Waals surface area (Å²) in [6, 6.07) is 15.0. The number of methoxy groups -OCH3 is 2. The van der Waals surface area contributed by atoms with Gasteiger partial charge in [0.15, 0.2) is 0 Å². The summed E-state index contributed by atoms with van der Waals surface area (Å²) in [6.45, 7) is 0.343. The molecule has 0 unspecified atom stereocenters. The Hall–Kier alpha value is -2.53. The fourth-order valence-electron chi connectivity index (χ4n) is 3.37. The molecule has 1 saturated heterocycles. The molecule has 1 aliphatic heterocycles. The van der Waals surface area contributed by atoms with Crippen LogP contribution in [0.4, 0.5) is 0 Å². The van der Waals surface area contributed by atoms with Gasteiger partial charge in [0.05, 0.1) is 32.8 Å². The first-order valence-corrected chi connectivity index (χ1v) is 8.35. The molecule has 0 aliphatic carbocycles. The van der Waals surface area contributed by atoms with Crippen molar-refractivity contribution < 1.29 is 19.4 Å². The number of ether oxygens (including phenoxy) is 2. The van der Waals surface area contributed by atoms with Crippen LogP contribution in [0, 0.1) is 0 Å². The first-order valence-electron chi connectivity index (χ1n) is 8.35. The second-order valence-corrected chi connectivity index (χ2v) is 6.22.